The maximum Gasteiger partial charge on any atom is 0.162 e. The van der Waals surface area contributed by atoms with Crippen LogP contribution in [0.2, 0.25) is 0 Å². The van der Waals surface area contributed by atoms with Crippen molar-refractivity contribution >= 4 is 5.78 Å². The summed E-state index contributed by atoms with van der Waals surface area (Å²) in [6, 6.07) is 4.51. The number of hydrogen-bond donors (Lipinski definition) is 0. The van der Waals surface area contributed by atoms with Gasteiger partial charge in [-0.15, -0.1) is 0 Å². The number of carbonyl (C=O) groups is 1. The van der Waals surface area contributed by atoms with Crippen LogP contribution in [0.3, 0.4) is 0 Å². The first-order valence-corrected chi connectivity index (χ1v) is 8.10. The van der Waals surface area contributed by atoms with Crippen molar-refractivity contribution in [3.63, 3.8) is 0 Å². The molecule has 0 aliphatic heterocycles. The van der Waals surface area contributed by atoms with E-state index in [0.29, 0.717) is 23.2 Å². The fraction of sp³-hybridized carbons (Fsp3) is 0.611. The van der Waals surface area contributed by atoms with E-state index in [-0.39, 0.29) is 5.92 Å². The fourth-order valence-corrected chi connectivity index (χ4v) is 4.17. The van der Waals surface area contributed by atoms with Crippen LogP contribution >= 0.6 is 0 Å². The topological polar surface area (TPSA) is 17.1 Å². The smallest absolute Gasteiger partial charge is 0.162 e. The molecule has 21 heavy (non-hydrogen) atoms. The lowest BCUT2D eigenvalue weighted by molar-refractivity contribution is -0.121. The van der Waals surface area contributed by atoms with Crippen molar-refractivity contribution < 1.29 is 13.6 Å². The molecule has 0 atom stereocenters. The summed E-state index contributed by atoms with van der Waals surface area (Å²) >= 11 is 0. The molecule has 0 amide bonds. The van der Waals surface area contributed by atoms with Crippen molar-refractivity contribution in [2.24, 2.45) is 11.8 Å². The van der Waals surface area contributed by atoms with Crippen LogP contribution in [0, 0.1) is 23.5 Å². The minimum absolute atomic E-state index is 0.155. The number of rotatable bonds is 2. The van der Waals surface area contributed by atoms with Gasteiger partial charge in [-0.25, -0.2) is 8.78 Å². The highest BCUT2D eigenvalue weighted by Crippen LogP contribution is 2.43. The van der Waals surface area contributed by atoms with Gasteiger partial charge in [0.2, 0.25) is 0 Å². The second-order valence-corrected chi connectivity index (χ2v) is 6.63. The molecular formula is C18H22F2O. The zero-order valence-electron chi connectivity index (χ0n) is 12.3. The average Bonchev–Trinajstić information content (AvgIpc) is 2.51. The Morgan fingerprint density at radius 3 is 2.14 bits per heavy atom. The average molecular weight is 292 g/mol. The lowest BCUT2D eigenvalue weighted by atomic mass is 9.69. The van der Waals surface area contributed by atoms with Gasteiger partial charge in [-0.2, -0.15) is 0 Å². The van der Waals surface area contributed by atoms with E-state index in [4.69, 9.17) is 0 Å². The molecule has 0 saturated heterocycles. The van der Waals surface area contributed by atoms with Crippen LogP contribution in [-0.4, -0.2) is 5.78 Å². The lowest BCUT2D eigenvalue weighted by Gasteiger charge is -2.35. The van der Waals surface area contributed by atoms with E-state index in [0.717, 1.165) is 51.4 Å². The summed E-state index contributed by atoms with van der Waals surface area (Å²) in [6.45, 7) is 0. The van der Waals surface area contributed by atoms with Crippen LogP contribution < -0.4 is 0 Å². The highest BCUT2D eigenvalue weighted by atomic mass is 19.2. The highest BCUT2D eigenvalue weighted by Gasteiger charge is 2.31. The van der Waals surface area contributed by atoms with Crippen molar-refractivity contribution in [3.8, 4) is 0 Å². The van der Waals surface area contributed by atoms with Crippen molar-refractivity contribution in [2.75, 3.05) is 0 Å². The van der Waals surface area contributed by atoms with E-state index < -0.39 is 11.6 Å². The van der Waals surface area contributed by atoms with Gasteiger partial charge in [-0.3, -0.25) is 4.79 Å². The summed E-state index contributed by atoms with van der Waals surface area (Å²) < 4.78 is 27.2. The van der Waals surface area contributed by atoms with Gasteiger partial charge >= 0.3 is 0 Å². The van der Waals surface area contributed by atoms with Crippen LogP contribution in [-0.2, 0) is 4.79 Å². The van der Waals surface area contributed by atoms with Crippen molar-refractivity contribution in [1.29, 1.82) is 0 Å². The molecule has 3 rings (SSSR count). The molecule has 0 unspecified atom stereocenters. The third-order valence-corrected chi connectivity index (χ3v) is 5.45. The molecule has 2 saturated carbocycles. The quantitative estimate of drug-likeness (QED) is 0.750. The summed E-state index contributed by atoms with van der Waals surface area (Å²) in [5.41, 5.74) is 0.548. The summed E-state index contributed by atoms with van der Waals surface area (Å²) in [4.78, 5) is 11.3. The first-order valence-electron chi connectivity index (χ1n) is 8.10. The van der Waals surface area contributed by atoms with Gasteiger partial charge in [0.25, 0.3) is 0 Å². The molecule has 3 heteroatoms. The van der Waals surface area contributed by atoms with Crippen LogP contribution in [0.1, 0.15) is 62.8 Å². The molecule has 0 radical (unpaired) electrons. The van der Waals surface area contributed by atoms with Gasteiger partial charge in [0.05, 0.1) is 0 Å². The molecule has 1 nitrogen and oxygen atoms in total. The van der Waals surface area contributed by atoms with Crippen LogP contribution in [0.15, 0.2) is 18.2 Å². The number of Topliss-reactive ketones (excluding diaryl/α,β-unsaturated/α-hetero) is 1. The van der Waals surface area contributed by atoms with E-state index in [1.165, 1.54) is 6.07 Å². The zero-order valence-corrected chi connectivity index (χ0v) is 12.3. The summed E-state index contributed by atoms with van der Waals surface area (Å²) in [6.07, 6.45) is 7.58. The van der Waals surface area contributed by atoms with Gasteiger partial charge in [0.1, 0.15) is 5.78 Å². The van der Waals surface area contributed by atoms with E-state index in [9.17, 15) is 13.6 Å². The highest BCUT2D eigenvalue weighted by molar-refractivity contribution is 5.79. The molecule has 1 aromatic rings. The van der Waals surface area contributed by atoms with E-state index >= 15 is 0 Å². The second kappa shape index (κ2) is 6.25. The normalized spacial score (nSPS) is 27.8. The summed E-state index contributed by atoms with van der Waals surface area (Å²) in [7, 11) is 0. The molecule has 0 N–H and O–H groups in total. The Labute approximate surface area is 124 Å². The Bertz CT molecular complexity index is 508. The molecule has 0 heterocycles. The lowest BCUT2D eigenvalue weighted by Crippen LogP contribution is -2.25. The zero-order chi connectivity index (χ0) is 14.8. The Morgan fingerprint density at radius 1 is 0.857 bits per heavy atom. The summed E-state index contributed by atoms with van der Waals surface area (Å²) in [5.74, 6) is 0.501. The Hall–Kier alpha value is -1.25. The van der Waals surface area contributed by atoms with E-state index in [1.54, 1.807) is 12.1 Å². The van der Waals surface area contributed by atoms with E-state index in [1.807, 2.05) is 0 Å². The molecule has 2 aliphatic rings. The monoisotopic (exact) mass is 292 g/mol. The minimum Gasteiger partial charge on any atom is -0.300 e. The van der Waals surface area contributed by atoms with Crippen LogP contribution in [0.5, 0.6) is 0 Å². The van der Waals surface area contributed by atoms with Gasteiger partial charge in [-0.05, 0) is 67.9 Å². The molecule has 1 aromatic carbocycles. The fourth-order valence-electron chi connectivity index (χ4n) is 4.17. The van der Waals surface area contributed by atoms with Crippen molar-refractivity contribution in [2.45, 2.75) is 57.3 Å². The minimum atomic E-state index is -0.736. The van der Waals surface area contributed by atoms with Gasteiger partial charge < -0.3 is 0 Å². The maximum atomic E-state index is 13.9. The van der Waals surface area contributed by atoms with Crippen molar-refractivity contribution in [3.05, 3.63) is 35.4 Å². The van der Waals surface area contributed by atoms with Crippen LogP contribution in [0.25, 0.3) is 0 Å². The number of carbonyl (C=O) groups excluding carboxylic acids is 1. The molecule has 2 aliphatic carbocycles. The maximum absolute atomic E-state index is 13.9. The van der Waals surface area contributed by atoms with E-state index in [2.05, 4.69) is 0 Å². The standard InChI is InChI=1S/C18H22F2O/c19-17-3-1-2-16(18(17)20)14-6-4-12(5-7-14)13-8-10-15(21)11-9-13/h1-3,12-14H,4-11H2/t12-,14-. The number of hydrogen-bond acceptors (Lipinski definition) is 1. The largest absolute Gasteiger partial charge is 0.300 e. The first-order chi connectivity index (χ1) is 10.1. The molecule has 0 bridgehead atoms. The number of halogens is 2. The van der Waals surface area contributed by atoms with Gasteiger partial charge in [-0.1, -0.05) is 12.1 Å². The summed E-state index contributed by atoms with van der Waals surface area (Å²) in [5, 5.41) is 0. The number of ketones is 1. The Balaban J connectivity index is 1.60. The third-order valence-electron chi connectivity index (χ3n) is 5.45. The van der Waals surface area contributed by atoms with Gasteiger partial charge in [0, 0.05) is 12.8 Å². The van der Waals surface area contributed by atoms with Crippen molar-refractivity contribution in [1.82, 2.24) is 0 Å². The predicted molar refractivity (Wildman–Crippen MR) is 78.0 cm³/mol. The molecular weight excluding hydrogens is 270 g/mol. The predicted octanol–water partition coefficient (Wildman–Crippen LogP) is 5.00. The second-order valence-electron chi connectivity index (χ2n) is 6.63. The molecule has 0 aromatic heterocycles. The molecule has 0 spiro atoms. The Morgan fingerprint density at radius 2 is 1.48 bits per heavy atom. The SMILES string of the molecule is O=C1CCC([C@H]2CC[C@H](c3cccc(F)c3F)CC2)CC1. The third kappa shape index (κ3) is 3.17. The van der Waals surface area contributed by atoms with Crippen LogP contribution in [0.4, 0.5) is 8.78 Å². The Kier molecular flexibility index (Phi) is 4.37. The van der Waals surface area contributed by atoms with Gasteiger partial charge in [0.15, 0.2) is 11.6 Å². The molecule has 114 valence electrons. The number of benzene rings is 1. The molecule has 2 fully saturated rings. The first kappa shape index (κ1) is 14.7.